The van der Waals surface area contributed by atoms with Crippen molar-refractivity contribution in [2.24, 2.45) is 5.73 Å². The van der Waals surface area contributed by atoms with Crippen molar-refractivity contribution in [2.75, 3.05) is 0 Å². The van der Waals surface area contributed by atoms with E-state index < -0.39 is 15.9 Å². The van der Waals surface area contributed by atoms with Gasteiger partial charge < -0.3 is 5.73 Å². The fourth-order valence-corrected chi connectivity index (χ4v) is 2.81. The maximum absolute atomic E-state index is 12.1. The minimum absolute atomic E-state index is 0.0148. The summed E-state index contributed by atoms with van der Waals surface area (Å²) in [4.78, 5) is 11.9. The van der Waals surface area contributed by atoms with Crippen molar-refractivity contribution in [3.8, 4) is 0 Å². The Hall–Kier alpha value is -2.18. The van der Waals surface area contributed by atoms with E-state index in [1.807, 2.05) is 6.07 Å². The molecule has 0 aliphatic heterocycles. The van der Waals surface area contributed by atoms with Gasteiger partial charge >= 0.3 is 0 Å². The molecule has 0 spiro atoms. The Kier molecular flexibility index (Phi) is 4.72. The van der Waals surface area contributed by atoms with Crippen LogP contribution in [-0.2, 0) is 27.8 Å². The third kappa shape index (κ3) is 4.14. The third-order valence-corrected chi connectivity index (χ3v) is 4.31. The van der Waals surface area contributed by atoms with Gasteiger partial charge in [-0.05, 0) is 23.3 Å². The summed E-state index contributed by atoms with van der Waals surface area (Å²) in [5, 5.41) is 0. The molecular weight excluding hydrogens is 288 g/mol. The molecule has 0 aromatic heterocycles. The van der Waals surface area contributed by atoms with Crippen LogP contribution in [0.5, 0.6) is 0 Å². The van der Waals surface area contributed by atoms with Gasteiger partial charge in [0.1, 0.15) is 0 Å². The highest BCUT2D eigenvalue weighted by Crippen LogP contribution is 2.10. The first-order valence-corrected chi connectivity index (χ1v) is 7.88. The predicted molar refractivity (Wildman–Crippen MR) is 79.8 cm³/mol. The van der Waals surface area contributed by atoms with Crippen molar-refractivity contribution in [1.29, 1.82) is 0 Å². The van der Waals surface area contributed by atoms with Gasteiger partial charge in [-0.25, -0.2) is 13.1 Å². The number of nitrogens with two attached hydrogens (primary N) is 1. The van der Waals surface area contributed by atoms with E-state index in [1.54, 1.807) is 36.4 Å². The smallest absolute Gasteiger partial charge is 0.264 e. The topological polar surface area (TPSA) is 89.3 Å². The Balaban J connectivity index is 2.07. The Bertz CT molecular complexity index is 710. The average molecular weight is 304 g/mol. The van der Waals surface area contributed by atoms with Crippen molar-refractivity contribution in [2.45, 2.75) is 17.9 Å². The molecule has 0 unspecified atom stereocenters. The molecule has 2 aromatic rings. The summed E-state index contributed by atoms with van der Waals surface area (Å²) in [7, 11) is -3.84. The zero-order valence-electron chi connectivity index (χ0n) is 11.3. The van der Waals surface area contributed by atoms with E-state index >= 15 is 0 Å². The summed E-state index contributed by atoms with van der Waals surface area (Å²) < 4.78 is 26.2. The second kappa shape index (κ2) is 6.51. The summed E-state index contributed by atoms with van der Waals surface area (Å²) in [5.74, 6) is -0.566. The van der Waals surface area contributed by atoms with E-state index in [2.05, 4.69) is 4.72 Å². The second-order valence-corrected chi connectivity index (χ2v) is 6.22. The molecule has 0 aliphatic carbocycles. The zero-order valence-corrected chi connectivity index (χ0v) is 12.1. The summed E-state index contributed by atoms with van der Waals surface area (Å²) in [6.45, 7) is 0.334. The summed E-state index contributed by atoms with van der Waals surface area (Å²) in [6, 6.07) is 15.1. The largest absolute Gasteiger partial charge is 0.326 e. The number of nitrogens with one attached hydrogen (secondary N) is 1. The molecule has 0 heterocycles. The molecular formula is C15H16N2O3S. The molecule has 5 nitrogen and oxygen atoms in total. The molecule has 21 heavy (non-hydrogen) atoms. The van der Waals surface area contributed by atoms with E-state index in [4.69, 9.17) is 5.73 Å². The van der Waals surface area contributed by atoms with Gasteiger partial charge in [0.15, 0.2) is 0 Å². The minimum Gasteiger partial charge on any atom is -0.326 e. The van der Waals surface area contributed by atoms with Crippen LogP contribution in [0.4, 0.5) is 0 Å². The van der Waals surface area contributed by atoms with Crippen LogP contribution in [0.15, 0.2) is 59.5 Å². The van der Waals surface area contributed by atoms with E-state index in [-0.39, 0.29) is 11.3 Å². The lowest BCUT2D eigenvalue weighted by atomic mass is 10.1. The highest BCUT2D eigenvalue weighted by Gasteiger charge is 2.17. The molecule has 0 aliphatic rings. The SMILES string of the molecule is NCc1ccc(S(=O)(=O)NC(=O)Cc2ccccc2)cc1. The van der Waals surface area contributed by atoms with Gasteiger partial charge in [0.2, 0.25) is 5.91 Å². The molecule has 0 fully saturated rings. The van der Waals surface area contributed by atoms with Crippen LogP contribution in [0.25, 0.3) is 0 Å². The fraction of sp³-hybridized carbons (Fsp3) is 0.133. The molecule has 2 rings (SSSR count). The average Bonchev–Trinajstić information content (AvgIpc) is 2.47. The molecule has 0 bridgehead atoms. The first-order chi connectivity index (χ1) is 10.0. The van der Waals surface area contributed by atoms with Crippen LogP contribution in [-0.4, -0.2) is 14.3 Å². The van der Waals surface area contributed by atoms with Gasteiger partial charge in [-0.1, -0.05) is 42.5 Å². The van der Waals surface area contributed by atoms with Gasteiger partial charge in [0.25, 0.3) is 10.0 Å². The summed E-state index contributed by atoms with van der Waals surface area (Å²) in [6.07, 6.45) is 0.0148. The number of hydrogen-bond acceptors (Lipinski definition) is 4. The maximum atomic E-state index is 12.1. The predicted octanol–water partition coefficient (Wildman–Crippen LogP) is 1.19. The molecule has 0 atom stereocenters. The van der Waals surface area contributed by atoms with Crippen LogP contribution in [0, 0.1) is 0 Å². The number of amides is 1. The second-order valence-electron chi connectivity index (χ2n) is 4.54. The number of carbonyl (C=O) groups excluding carboxylic acids is 1. The molecule has 6 heteroatoms. The molecule has 0 radical (unpaired) electrons. The van der Waals surface area contributed by atoms with Gasteiger partial charge in [-0.2, -0.15) is 0 Å². The van der Waals surface area contributed by atoms with Gasteiger partial charge in [0.05, 0.1) is 11.3 Å². The molecule has 0 saturated carbocycles. The van der Waals surface area contributed by atoms with Gasteiger partial charge in [-0.3, -0.25) is 4.79 Å². The first-order valence-electron chi connectivity index (χ1n) is 6.40. The Morgan fingerprint density at radius 1 is 0.952 bits per heavy atom. The van der Waals surface area contributed by atoms with Crippen molar-refractivity contribution >= 4 is 15.9 Å². The number of sulfonamides is 1. The highest BCUT2D eigenvalue weighted by atomic mass is 32.2. The van der Waals surface area contributed by atoms with Crippen LogP contribution in [0.3, 0.4) is 0 Å². The molecule has 110 valence electrons. The lowest BCUT2D eigenvalue weighted by Gasteiger charge is -2.07. The van der Waals surface area contributed by atoms with Crippen LogP contribution in [0.1, 0.15) is 11.1 Å². The van der Waals surface area contributed by atoms with E-state index in [0.717, 1.165) is 11.1 Å². The van der Waals surface area contributed by atoms with Crippen molar-refractivity contribution in [3.63, 3.8) is 0 Å². The van der Waals surface area contributed by atoms with Crippen molar-refractivity contribution in [3.05, 3.63) is 65.7 Å². The van der Waals surface area contributed by atoms with Gasteiger partial charge in [0, 0.05) is 6.54 Å². The highest BCUT2D eigenvalue weighted by molar-refractivity contribution is 7.90. The van der Waals surface area contributed by atoms with E-state index in [0.29, 0.717) is 6.54 Å². The van der Waals surface area contributed by atoms with Gasteiger partial charge in [-0.15, -0.1) is 0 Å². The lowest BCUT2D eigenvalue weighted by molar-refractivity contribution is -0.118. The maximum Gasteiger partial charge on any atom is 0.264 e. The Morgan fingerprint density at radius 2 is 1.57 bits per heavy atom. The molecule has 0 saturated heterocycles. The summed E-state index contributed by atoms with van der Waals surface area (Å²) >= 11 is 0. The molecule has 1 amide bonds. The Morgan fingerprint density at radius 3 is 2.14 bits per heavy atom. The Labute approximate surface area is 123 Å². The fourth-order valence-electron chi connectivity index (χ4n) is 1.83. The minimum atomic E-state index is -3.84. The monoisotopic (exact) mass is 304 g/mol. The quantitative estimate of drug-likeness (QED) is 0.868. The number of rotatable bonds is 5. The number of hydrogen-bond donors (Lipinski definition) is 2. The molecule has 3 N–H and O–H groups in total. The van der Waals surface area contributed by atoms with Crippen molar-refractivity contribution in [1.82, 2.24) is 4.72 Å². The molecule has 2 aromatic carbocycles. The van der Waals surface area contributed by atoms with Crippen molar-refractivity contribution < 1.29 is 13.2 Å². The van der Waals surface area contributed by atoms with E-state index in [1.165, 1.54) is 12.1 Å². The standard InChI is InChI=1S/C15H16N2O3S/c16-11-13-6-8-14(9-7-13)21(19,20)17-15(18)10-12-4-2-1-3-5-12/h1-9H,10-11,16H2,(H,17,18). The van der Waals surface area contributed by atoms with Crippen LogP contribution in [0.2, 0.25) is 0 Å². The number of benzene rings is 2. The van der Waals surface area contributed by atoms with Crippen LogP contribution >= 0.6 is 0 Å². The lowest BCUT2D eigenvalue weighted by Crippen LogP contribution is -2.31. The van der Waals surface area contributed by atoms with E-state index in [9.17, 15) is 13.2 Å². The van der Waals surface area contributed by atoms with Crippen LogP contribution < -0.4 is 10.5 Å². The zero-order chi connectivity index (χ0) is 15.3. The number of carbonyl (C=O) groups is 1. The third-order valence-electron chi connectivity index (χ3n) is 2.93. The normalized spacial score (nSPS) is 11.1. The summed E-state index contributed by atoms with van der Waals surface area (Å²) in [5.41, 5.74) is 7.03. The first kappa shape index (κ1) is 15.2.